The van der Waals surface area contributed by atoms with Crippen molar-refractivity contribution in [3.05, 3.63) is 63.9 Å². The summed E-state index contributed by atoms with van der Waals surface area (Å²) in [6.45, 7) is 0. The fraction of sp³-hybridized carbons (Fsp3) is 0.188. The maximum Gasteiger partial charge on any atom is 0.255 e. The normalized spacial score (nSPS) is 12.3. The van der Waals surface area contributed by atoms with Gasteiger partial charge in [-0.05, 0) is 54.7 Å². The summed E-state index contributed by atoms with van der Waals surface area (Å²) in [7, 11) is 0. The highest BCUT2D eigenvalue weighted by Crippen LogP contribution is 2.24. The van der Waals surface area contributed by atoms with E-state index >= 15 is 0 Å². The Hall–Kier alpha value is -2.07. The molecule has 3 rings (SSSR count). The Balaban J connectivity index is 0.000000154. The van der Waals surface area contributed by atoms with Gasteiger partial charge >= 0.3 is 0 Å². The van der Waals surface area contributed by atoms with Crippen molar-refractivity contribution in [3.63, 3.8) is 0 Å². The Bertz CT molecular complexity index is 653. The number of fused-ring (bicyclic) bond motifs is 1. The number of aromatic hydroxyl groups is 1. The zero-order valence-electron chi connectivity index (χ0n) is 11.3. The van der Waals surface area contributed by atoms with Crippen LogP contribution in [0.2, 0.25) is 5.02 Å². The maximum absolute atomic E-state index is 12.6. The Morgan fingerprint density at radius 2 is 1.90 bits per heavy atom. The largest absolute Gasteiger partial charge is 0.507 e. The summed E-state index contributed by atoms with van der Waals surface area (Å²) >= 11 is 5.82. The van der Waals surface area contributed by atoms with Crippen LogP contribution in [-0.4, -0.2) is 11.0 Å². The van der Waals surface area contributed by atoms with E-state index < -0.39 is 23.0 Å². The lowest BCUT2D eigenvalue weighted by Gasteiger charge is -1.99. The first-order valence-electron chi connectivity index (χ1n) is 6.53. The van der Waals surface area contributed by atoms with Gasteiger partial charge in [-0.1, -0.05) is 23.7 Å². The van der Waals surface area contributed by atoms with Crippen molar-refractivity contribution in [1.82, 2.24) is 0 Å². The van der Waals surface area contributed by atoms with Crippen LogP contribution in [0.15, 0.2) is 36.4 Å². The van der Waals surface area contributed by atoms with Gasteiger partial charge in [0.1, 0.15) is 17.1 Å². The third-order valence-electron chi connectivity index (χ3n) is 3.30. The molecule has 0 atom stereocenters. The zero-order chi connectivity index (χ0) is 15.4. The number of nitrogens with two attached hydrogens (primary N) is 1. The Labute approximate surface area is 127 Å². The lowest BCUT2D eigenvalue weighted by molar-refractivity contribution is 0.0993. The first-order valence-corrected chi connectivity index (χ1v) is 6.91. The highest BCUT2D eigenvalue weighted by atomic mass is 35.5. The molecule has 1 aliphatic rings. The van der Waals surface area contributed by atoms with E-state index in [1.54, 1.807) is 0 Å². The molecule has 3 nitrogen and oxygen atoms in total. The molecule has 3 N–H and O–H groups in total. The standard InChI is InChI=1S/C9H9Cl.C7H6FNO2/c10-9-5-4-7-2-1-3-8(7)6-9;8-4-2-1-3-5(10)6(4)7(9)11/h4-6H,1-3H2;1-3,10H,(H2,9,11). The van der Waals surface area contributed by atoms with Gasteiger partial charge in [0.15, 0.2) is 0 Å². The number of benzene rings is 2. The van der Waals surface area contributed by atoms with Crippen molar-refractivity contribution < 1.29 is 14.3 Å². The van der Waals surface area contributed by atoms with Gasteiger partial charge < -0.3 is 10.8 Å². The zero-order valence-corrected chi connectivity index (χ0v) is 12.0. The maximum atomic E-state index is 12.6. The summed E-state index contributed by atoms with van der Waals surface area (Å²) in [5.41, 5.74) is 7.25. The summed E-state index contributed by atoms with van der Waals surface area (Å²) < 4.78 is 12.6. The van der Waals surface area contributed by atoms with Gasteiger partial charge in [0.05, 0.1) is 0 Å². The lowest BCUT2D eigenvalue weighted by atomic mass is 10.1. The number of hydrogen-bond acceptors (Lipinski definition) is 2. The van der Waals surface area contributed by atoms with Crippen molar-refractivity contribution in [3.8, 4) is 5.75 Å². The van der Waals surface area contributed by atoms with Crippen molar-refractivity contribution in [2.45, 2.75) is 19.3 Å². The second-order valence-electron chi connectivity index (χ2n) is 4.76. The highest BCUT2D eigenvalue weighted by Gasteiger charge is 2.12. The molecular weight excluding hydrogens is 293 g/mol. The van der Waals surface area contributed by atoms with Gasteiger partial charge in [-0.15, -0.1) is 0 Å². The van der Waals surface area contributed by atoms with E-state index in [2.05, 4.69) is 12.1 Å². The van der Waals surface area contributed by atoms with Crippen LogP contribution in [0.4, 0.5) is 4.39 Å². The Morgan fingerprint density at radius 3 is 2.52 bits per heavy atom. The van der Waals surface area contributed by atoms with Gasteiger partial charge in [0.2, 0.25) is 0 Å². The number of hydrogen-bond donors (Lipinski definition) is 2. The molecule has 0 radical (unpaired) electrons. The monoisotopic (exact) mass is 307 g/mol. The summed E-state index contributed by atoms with van der Waals surface area (Å²) in [5.74, 6) is -2.21. The van der Waals surface area contributed by atoms with E-state index in [4.69, 9.17) is 22.4 Å². The molecule has 0 fully saturated rings. The number of rotatable bonds is 1. The molecule has 0 unspecified atom stereocenters. The molecule has 0 aromatic heterocycles. The molecule has 1 aliphatic carbocycles. The quantitative estimate of drug-likeness (QED) is 0.847. The third kappa shape index (κ3) is 3.73. The second kappa shape index (κ2) is 6.59. The molecular formula is C16H15ClFNO2. The first-order chi connectivity index (χ1) is 9.99. The predicted molar refractivity (Wildman–Crippen MR) is 80.1 cm³/mol. The number of aryl methyl sites for hydroxylation is 2. The topological polar surface area (TPSA) is 63.3 Å². The van der Waals surface area contributed by atoms with Crippen molar-refractivity contribution in [2.24, 2.45) is 5.73 Å². The molecule has 2 aromatic rings. The van der Waals surface area contributed by atoms with Crippen LogP contribution < -0.4 is 5.73 Å². The van der Waals surface area contributed by atoms with Crippen LogP contribution in [0.5, 0.6) is 5.75 Å². The molecule has 0 bridgehead atoms. The summed E-state index contributed by atoms with van der Waals surface area (Å²) in [6.07, 6.45) is 3.76. The summed E-state index contributed by atoms with van der Waals surface area (Å²) in [5, 5.41) is 9.80. The van der Waals surface area contributed by atoms with Crippen LogP contribution in [0.25, 0.3) is 0 Å². The fourth-order valence-corrected chi connectivity index (χ4v) is 2.49. The summed E-state index contributed by atoms with van der Waals surface area (Å²) in [6, 6.07) is 9.75. The number of carbonyl (C=O) groups is 1. The average molecular weight is 308 g/mol. The average Bonchev–Trinajstić information content (AvgIpc) is 2.86. The fourth-order valence-electron chi connectivity index (χ4n) is 2.30. The minimum Gasteiger partial charge on any atom is -0.507 e. The Morgan fingerprint density at radius 1 is 1.19 bits per heavy atom. The number of amides is 1. The minimum atomic E-state index is -0.972. The number of phenols is 1. The SMILES string of the molecule is Clc1ccc2c(c1)CCC2.NC(=O)c1c(O)cccc1F. The Kier molecular flexibility index (Phi) is 4.81. The van der Waals surface area contributed by atoms with E-state index in [-0.39, 0.29) is 0 Å². The molecule has 110 valence electrons. The number of halogens is 2. The predicted octanol–water partition coefficient (Wildman–Crippen LogP) is 3.46. The van der Waals surface area contributed by atoms with Crippen molar-refractivity contribution in [1.29, 1.82) is 0 Å². The molecule has 0 saturated heterocycles. The number of carbonyl (C=O) groups excluding carboxylic acids is 1. The van der Waals surface area contributed by atoms with Gasteiger partial charge in [-0.25, -0.2) is 4.39 Å². The van der Waals surface area contributed by atoms with Gasteiger partial charge in [0, 0.05) is 5.02 Å². The van der Waals surface area contributed by atoms with E-state index in [1.165, 1.54) is 42.5 Å². The van der Waals surface area contributed by atoms with E-state index in [0.29, 0.717) is 0 Å². The number of primary amides is 1. The lowest BCUT2D eigenvalue weighted by Crippen LogP contribution is -2.13. The van der Waals surface area contributed by atoms with E-state index in [1.807, 2.05) is 6.07 Å². The molecule has 21 heavy (non-hydrogen) atoms. The van der Waals surface area contributed by atoms with Crippen LogP contribution >= 0.6 is 11.6 Å². The van der Waals surface area contributed by atoms with Gasteiger partial charge in [0.25, 0.3) is 5.91 Å². The summed E-state index contributed by atoms with van der Waals surface area (Å²) in [4.78, 5) is 10.5. The molecule has 0 heterocycles. The van der Waals surface area contributed by atoms with Gasteiger partial charge in [-0.2, -0.15) is 0 Å². The molecule has 5 heteroatoms. The van der Waals surface area contributed by atoms with E-state index in [0.717, 1.165) is 11.1 Å². The molecule has 2 aromatic carbocycles. The first kappa shape index (κ1) is 15.3. The third-order valence-corrected chi connectivity index (χ3v) is 3.53. The smallest absolute Gasteiger partial charge is 0.255 e. The second-order valence-corrected chi connectivity index (χ2v) is 5.20. The molecule has 0 spiro atoms. The van der Waals surface area contributed by atoms with Crippen LogP contribution in [-0.2, 0) is 12.8 Å². The van der Waals surface area contributed by atoms with E-state index in [9.17, 15) is 9.18 Å². The van der Waals surface area contributed by atoms with Crippen LogP contribution in [0, 0.1) is 5.82 Å². The minimum absolute atomic E-state index is 0.433. The van der Waals surface area contributed by atoms with Crippen LogP contribution in [0.1, 0.15) is 27.9 Å². The molecule has 1 amide bonds. The van der Waals surface area contributed by atoms with Crippen LogP contribution in [0.3, 0.4) is 0 Å². The molecule has 0 aliphatic heterocycles. The van der Waals surface area contributed by atoms with Gasteiger partial charge in [-0.3, -0.25) is 4.79 Å². The molecule has 0 saturated carbocycles. The van der Waals surface area contributed by atoms with Crippen molar-refractivity contribution >= 4 is 17.5 Å². The van der Waals surface area contributed by atoms with Crippen molar-refractivity contribution in [2.75, 3.05) is 0 Å². The highest BCUT2D eigenvalue weighted by molar-refractivity contribution is 6.30.